The Morgan fingerprint density at radius 3 is 2.88 bits per heavy atom. The predicted octanol–water partition coefficient (Wildman–Crippen LogP) is 1.54. The molecular formula is C18H20ClFN3O8P. The summed E-state index contributed by atoms with van der Waals surface area (Å²) in [4.78, 5) is 15.6. The molecule has 0 saturated carbocycles. The molecule has 4 rings (SSSR count). The standard InChI is InChI=1S/C18H20ClFN3O8P/c19-11-2-1-9(20)7-10(11)12-4-6-28-32(27,31-12)29-8-13-15(24)16(25)17(30-13)23-5-3-14(21)22-18(23)26/h1-3,5,7,12-13,15-17,24-25H,4,6,8H2,(H2,21,22,26)/t12-,13-,15-,16+,17-,32?/m1/s1. The maximum absolute atomic E-state index is 13.6. The first-order valence-corrected chi connectivity index (χ1v) is 11.4. The summed E-state index contributed by atoms with van der Waals surface area (Å²) in [7, 11) is -4.13. The number of nitrogens with two attached hydrogens (primary N) is 1. The average molecular weight is 492 g/mol. The van der Waals surface area contributed by atoms with E-state index in [1.807, 2.05) is 0 Å². The molecule has 4 N–H and O–H groups in total. The minimum absolute atomic E-state index is 0.0133. The number of aromatic nitrogens is 2. The fourth-order valence-corrected chi connectivity index (χ4v) is 5.06. The smallest absolute Gasteiger partial charge is 0.387 e. The molecule has 2 saturated heterocycles. The summed E-state index contributed by atoms with van der Waals surface area (Å²) in [5.41, 5.74) is 4.95. The number of hydrogen-bond donors (Lipinski definition) is 3. The van der Waals surface area contributed by atoms with E-state index in [9.17, 15) is 24.0 Å². The van der Waals surface area contributed by atoms with Crippen molar-refractivity contribution in [2.45, 2.75) is 37.1 Å². The second-order valence-corrected chi connectivity index (χ2v) is 9.24. The molecule has 3 heterocycles. The molecule has 0 radical (unpaired) electrons. The van der Waals surface area contributed by atoms with Crippen LogP contribution in [0.5, 0.6) is 0 Å². The molecule has 14 heteroatoms. The van der Waals surface area contributed by atoms with Gasteiger partial charge >= 0.3 is 13.5 Å². The minimum Gasteiger partial charge on any atom is -0.387 e. The van der Waals surface area contributed by atoms with Crippen LogP contribution in [0.2, 0.25) is 5.02 Å². The quantitative estimate of drug-likeness (QED) is 0.524. The summed E-state index contributed by atoms with van der Waals surface area (Å²) in [6.45, 7) is -0.507. The summed E-state index contributed by atoms with van der Waals surface area (Å²) < 4.78 is 48.9. The molecule has 0 aliphatic carbocycles. The van der Waals surface area contributed by atoms with Crippen LogP contribution in [-0.2, 0) is 22.9 Å². The lowest BCUT2D eigenvalue weighted by Gasteiger charge is -2.30. The molecule has 2 aromatic rings. The van der Waals surface area contributed by atoms with Gasteiger partial charge in [0, 0.05) is 23.2 Å². The van der Waals surface area contributed by atoms with Crippen molar-refractivity contribution in [2.75, 3.05) is 18.9 Å². The Morgan fingerprint density at radius 2 is 2.12 bits per heavy atom. The normalized spacial score (nSPS) is 32.8. The Balaban J connectivity index is 1.44. The number of nitrogens with zero attached hydrogens (tertiary/aromatic N) is 2. The van der Waals surface area contributed by atoms with Crippen LogP contribution in [0.15, 0.2) is 35.3 Å². The number of halogens is 2. The number of ether oxygens (including phenoxy) is 1. The lowest BCUT2D eigenvalue weighted by Crippen LogP contribution is -2.36. The van der Waals surface area contributed by atoms with Crippen LogP contribution in [0.4, 0.5) is 10.2 Å². The Labute approximate surface area is 186 Å². The first-order chi connectivity index (χ1) is 15.2. The maximum Gasteiger partial charge on any atom is 0.475 e. The average Bonchev–Trinajstić information content (AvgIpc) is 3.02. The number of benzene rings is 1. The summed E-state index contributed by atoms with van der Waals surface area (Å²) in [6.07, 6.45) is -4.74. The maximum atomic E-state index is 13.6. The zero-order chi connectivity index (χ0) is 23.0. The van der Waals surface area contributed by atoms with Gasteiger partial charge in [-0.25, -0.2) is 13.8 Å². The number of phosphoric ester groups is 1. The van der Waals surface area contributed by atoms with Crippen LogP contribution in [0.25, 0.3) is 0 Å². The van der Waals surface area contributed by atoms with Crippen molar-refractivity contribution in [2.24, 2.45) is 0 Å². The van der Waals surface area contributed by atoms with Gasteiger partial charge in [-0.3, -0.25) is 18.1 Å². The van der Waals surface area contributed by atoms with Gasteiger partial charge in [0.25, 0.3) is 0 Å². The number of anilines is 1. The lowest BCUT2D eigenvalue weighted by molar-refractivity contribution is -0.0609. The molecule has 1 aromatic carbocycles. The van der Waals surface area contributed by atoms with Crippen molar-refractivity contribution in [3.63, 3.8) is 0 Å². The molecule has 2 aliphatic heterocycles. The Bertz CT molecular complexity index is 1100. The van der Waals surface area contributed by atoms with Gasteiger partial charge in [0.2, 0.25) is 0 Å². The largest absolute Gasteiger partial charge is 0.475 e. The van der Waals surface area contributed by atoms with Gasteiger partial charge in [-0.1, -0.05) is 11.6 Å². The summed E-state index contributed by atoms with van der Waals surface area (Å²) in [5, 5.41) is 20.8. The molecule has 32 heavy (non-hydrogen) atoms. The Hall–Kier alpha value is -1.89. The Kier molecular flexibility index (Phi) is 6.66. The molecule has 11 nitrogen and oxygen atoms in total. The van der Waals surface area contributed by atoms with E-state index in [1.54, 1.807) is 0 Å². The van der Waals surface area contributed by atoms with Crippen LogP contribution in [-0.4, -0.2) is 51.3 Å². The van der Waals surface area contributed by atoms with Crippen LogP contribution in [0, 0.1) is 5.82 Å². The summed E-state index contributed by atoms with van der Waals surface area (Å²) >= 11 is 6.10. The number of phosphoric acid groups is 1. The lowest BCUT2D eigenvalue weighted by atomic mass is 10.1. The van der Waals surface area contributed by atoms with E-state index in [2.05, 4.69) is 4.98 Å². The van der Waals surface area contributed by atoms with Crippen molar-refractivity contribution in [3.8, 4) is 0 Å². The van der Waals surface area contributed by atoms with Crippen LogP contribution < -0.4 is 11.4 Å². The van der Waals surface area contributed by atoms with Gasteiger partial charge in [0.05, 0.1) is 19.3 Å². The van der Waals surface area contributed by atoms with Crippen molar-refractivity contribution in [1.82, 2.24) is 9.55 Å². The van der Waals surface area contributed by atoms with E-state index in [0.717, 1.165) is 4.57 Å². The Morgan fingerprint density at radius 1 is 1.34 bits per heavy atom. The molecule has 0 amide bonds. The molecular weight excluding hydrogens is 472 g/mol. The highest BCUT2D eigenvalue weighted by Crippen LogP contribution is 2.57. The van der Waals surface area contributed by atoms with E-state index in [1.165, 1.54) is 30.5 Å². The highest BCUT2D eigenvalue weighted by atomic mass is 35.5. The van der Waals surface area contributed by atoms with Gasteiger partial charge in [0.1, 0.15) is 29.9 Å². The van der Waals surface area contributed by atoms with Gasteiger partial charge in [-0.15, -0.1) is 0 Å². The van der Waals surface area contributed by atoms with Crippen molar-refractivity contribution in [3.05, 3.63) is 57.3 Å². The van der Waals surface area contributed by atoms with Gasteiger partial charge in [0.15, 0.2) is 6.23 Å². The van der Waals surface area contributed by atoms with Crippen LogP contribution in [0.1, 0.15) is 24.3 Å². The number of nitrogen functional groups attached to an aromatic ring is 1. The third-order valence-corrected chi connectivity index (χ3v) is 6.87. The van der Waals surface area contributed by atoms with E-state index >= 15 is 0 Å². The third kappa shape index (κ3) is 4.73. The number of rotatable bonds is 5. The van der Waals surface area contributed by atoms with Gasteiger partial charge < -0.3 is 20.7 Å². The molecule has 2 aliphatic rings. The summed E-state index contributed by atoms with van der Waals surface area (Å²) in [6, 6.07) is 5.04. The molecule has 0 bridgehead atoms. The van der Waals surface area contributed by atoms with E-state index in [0.29, 0.717) is 5.56 Å². The zero-order valence-corrected chi connectivity index (χ0v) is 18.1. The van der Waals surface area contributed by atoms with E-state index < -0.39 is 56.6 Å². The third-order valence-electron chi connectivity index (χ3n) is 5.05. The fourth-order valence-electron chi connectivity index (χ4n) is 3.43. The monoisotopic (exact) mass is 491 g/mol. The van der Waals surface area contributed by atoms with E-state index in [-0.39, 0.29) is 23.9 Å². The first kappa shape index (κ1) is 23.3. The molecule has 2 fully saturated rings. The second-order valence-electron chi connectivity index (χ2n) is 7.21. The minimum atomic E-state index is -4.13. The first-order valence-electron chi connectivity index (χ1n) is 9.55. The molecule has 1 unspecified atom stereocenters. The van der Waals surface area contributed by atoms with Crippen LogP contribution in [0.3, 0.4) is 0 Å². The molecule has 1 aromatic heterocycles. The molecule has 174 valence electrons. The highest BCUT2D eigenvalue weighted by Gasteiger charge is 2.46. The van der Waals surface area contributed by atoms with Crippen molar-refractivity contribution >= 4 is 25.2 Å². The van der Waals surface area contributed by atoms with Crippen LogP contribution >= 0.6 is 19.4 Å². The molecule has 6 atom stereocenters. The number of aliphatic hydroxyl groups is 2. The second kappa shape index (κ2) is 9.16. The van der Waals surface area contributed by atoms with Gasteiger partial charge in [-0.05, 0) is 24.3 Å². The van der Waals surface area contributed by atoms with Gasteiger partial charge in [-0.2, -0.15) is 4.98 Å². The SMILES string of the molecule is Nc1ccn([C@@H]2O[C@H](COP3(=O)OCC[C@H](c4cc(F)ccc4Cl)O3)[C@@H](O)[C@@H]2O)c(=O)n1. The molecule has 0 spiro atoms. The number of hydrogen-bond acceptors (Lipinski definition) is 10. The fraction of sp³-hybridized carbons (Fsp3) is 0.444. The summed E-state index contributed by atoms with van der Waals surface area (Å²) in [5.74, 6) is -0.554. The van der Waals surface area contributed by atoms with Crippen molar-refractivity contribution < 1.29 is 37.5 Å². The highest BCUT2D eigenvalue weighted by molar-refractivity contribution is 7.48. The number of aliphatic hydroxyl groups excluding tert-OH is 2. The topological polar surface area (TPSA) is 155 Å². The predicted molar refractivity (Wildman–Crippen MR) is 108 cm³/mol. The zero-order valence-electron chi connectivity index (χ0n) is 16.4. The van der Waals surface area contributed by atoms with E-state index in [4.69, 9.17) is 35.6 Å². The van der Waals surface area contributed by atoms with Crippen molar-refractivity contribution in [1.29, 1.82) is 0 Å².